The molecule has 98 valence electrons. The number of hydrogen-bond donors (Lipinski definition) is 2. The molecule has 1 aliphatic rings. The average Bonchev–Trinajstić information content (AvgIpc) is 2.38. The molecule has 6 heteroatoms. The molecule has 2 N–H and O–H groups in total. The van der Waals surface area contributed by atoms with Gasteiger partial charge >= 0.3 is 0 Å². The van der Waals surface area contributed by atoms with E-state index < -0.39 is 0 Å². The molecule has 1 amide bonds. The van der Waals surface area contributed by atoms with E-state index in [2.05, 4.69) is 20.8 Å². The van der Waals surface area contributed by atoms with E-state index in [0.717, 1.165) is 19.3 Å². The Hall–Kier alpha value is -1.69. The highest BCUT2D eigenvalue weighted by atomic mass is 16.5. The van der Waals surface area contributed by atoms with Crippen molar-refractivity contribution in [2.24, 2.45) is 0 Å². The van der Waals surface area contributed by atoms with E-state index in [-0.39, 0.29) is 11.5 Å². The van der Waals surface area contributed by atoms with Crippen molar-refractivity contribution in [3.8, 4) is 0 Å². The van der Waals surface area contributed by atoms with Crippen LogP contribution in [0.1, 0.15) is 29.8 Å². The Balaban J connectivity index is 1.90. The molecule has 1 aliphatic carbocycles. The first-order chi connectivity index (χ1) is 8.69. The minimum absolute atomic E-state index is 0.173. The van der Waals surface area contributed by atoms with Gasteiger partial charge in [0.05, 0.1) is 5.60 Å². The van der Waals surface area contributed by atoms with E-state index in [1.165, 1.54) is 0 Å². The number of hydrogen-bond acceptors (Lipinski definition) is 5. The Bertz CT molecular complexity index is 409. The predicted octanol–water partition coefficient (Wildman–Crippen LogP) is 0.817. The number of aromatic nitrogens is 2. The lowest BCUT2D eigenvalue weighted by atomic mass is 9.80. The number of methoxy groups -OCH3 is 1. The quantitative estimate of drug-likeness (QED) is 0.809. The van der Waals surface area contributed by atoms with Crippen LogP contribution in [0.4, 0.5) is 5.82 Å². The average molecular weight is 250 g/mol. The smallest absolute Gasteiger partial charge is 0.271 e. The Morgan fingerprint density at radius 1 is 1.44 bits per heavy atom. The van der Waals surface area contributed by atoms with E-state index in [4.69, 9.17) is 4.74 Å². The Labute approximate surface area is 106 Å². The van der Waals surface area contributed by atoms with Gasteiger partial charge in [0, 0.05) is 20.7 Å². The molecule has 0 bridgehead atoms. The van der Waals surface area contributed by atoms with Gasteiger partial charge in [0.1, 0.15) is 5.82 Å². The fourth-order valence-corrected chi connectivity index (χ4v) is 1.94. The first kappa shape index (κ1) is 12.8. The van der Waals surface area contributed by atoms with Gasteiger partial charge in [-0.2, -0.15) is 0 Å². The molecule has 18 heavy (non-hydrogen) atoms. The van der Waals surface area contributed by atoms with Crippen LogP contribution in [0.15, 0.2) is 12.1 Å². The topological polar surface area (TPSA) is 76.1 Å². The van der Waals surface area contributed by atoms with Crippen molar-refractivity contribution in [2.75, 3.05) is 26.0 Å². The van der Waals surface area contributed by atoms with Gasteiger partial charge < -0.3 is 15.4 Å². The van der Waals surface area contributed by atoms with Crippen molar-refractivity contribution < 1.29 is 9.53 Å². The zero-order valence-corrected chi connectivity index (χ0v) is 10.7. The maximum atomic E-state index is 11.9. The standard InChI is InChI=1S/C12H18N4O2/c1-13-10-5-4-9(15-16-10)11(17)14-8-12(18-2)6-3-7-12/h4-5H,3,6-8H2,1-2H3,(H,13,16)(H,14,17). The number of nitrogens with zero attached hydrogens (tertiary/aromatic N) is 2. The maximum Gasteiger partial charge on any atom is 0.271 e. The van der Waals surface area contributed by atoms with Crippen LogP contribution >= 0.6 is 0 Å². The number of carbonyl (C=O) groups excluding carboxylic acids is 1. The summed E-state index contributed by atoms with van der Waals surface area (Å²) in [6, 6.07) is 3.37. The van der Waals surface area contributed by atoms with Crippen LogP contribution < -0.4 is 10.6 Å². The second-order valence-corrected chi connectivity index (χ2v) is 4.48. The molecule has 1 aromatic rings. The summed E-state index contributed by atoms with van der Waals surface area (Å²) in [5, 5.41) is 13.4. The molecule has 6 nitrogen and oxygen atoms in total. The van der Waals surface area contributed by atoms with Crippen molar-refractivity contribution in [3.63, 3.8) is 0 Å². The van der Waals surface area contributed by atoms with Crippen LogP contribution in [0.25, 0.3) is 0 Å². The molecule has 1 aromatic heterocycles. The SMILES string of the molecule is CNc1ccc(C(=O)NCC2(OC)CCC2)nn1. The molecule has 0 atom stereocenters. The van der Waals surface area contributed by atoms with Crippen molar-refractivity contribution in [2.45, 2.75) is 24.9 Å². The van der Waals surface area contributed by atoms with Crippen molar-refractivity contribution in [1.29, 1.82) is 0 Å². The van der Waals surface area contributed by atoms with Gasteiger partial charge in [0.15, 0.2) is 5.69 Å². The molecule has 1 fully saturated rings. The van der Waals surface area contributed by atoms with Crippen LogP contribution in [0.2, 0.25) is 0 Å². The monoisotopic (exact) mass is 250 g/mol. The summed E-state index contributed by atoms with van der Waals surface area (Å²) >= 11 is 0. The van der Waals surface area contributed by atoms with E-state index in [1.807, 2.05) is 0 Å². The second kappa shape index (κ2) is 5.30. The molecule has 0 unspecified atom stereocenters. The molecule has 0 spiro atoms. The van der Waals surface area contributed by atoms with Gasteiger partial charge in [0.25, 0.3) is 5.91 Å². The summed E-state index contributed by atoms with van der Waals surface area (Å²) in [6.07, 6.45) is 3.14. The highest BCUT2D eigenvalue weighted by Gasteiger charge is 2.37. The van der Waals surface area contributed by atoms with Gasteiger partial charge in [-0.05, 0) is 31.4 Å². The van der Waals surface area contributed by atoms with Gasteiger partial charge in [-0.3, -0.25) is 4.79 Å². The van der Waals surface area contributed by atoms with Gasteiger partial charge in [-0.1, -0.05) is 0 Å². The number of rotatable bonds is 5. The number of carbonyl (C=O) groups is 1. The van der Waals surface area contributed by atoms with E-state index in [9.17, 15) is 4.79 Å². The highest BCUT2D eigenvalue weighted by molar-refractivity contribution is 5.92. The molecule has 2 rings (SSSR count). The maximum absolute atomic E-state index is 11.9. The number of anilines is 1. The molecule has 1 saturated carbocycles. The zero-order valence-electron chi connectivity index (χ0n) is 10.7. The lowest BCUT2D eigenvalue weighted by molar-refractivity contribution is -0.0679. The predicted molar refractivity (Wildman–Crippen MR) is 67.5 cm³/mol. The Kier molecular flexibility index (Phi) is 3.76. The van der Waals surface area contributed by atoms with Crippen LogP contribution in [-0.2, 0) is 4.74 Å². The summed E-state index contributed by atoms with van der Waals surface area (Å²) in [5.41, 5.74) is 0.146. The fraction of sp³-hybridized carbons (Fsp3) is 0.583. The van der Waals surface area contributed by atoms with Crippen molar-refractivity contribution in [1.82, 2.24) is 15.5 Å². The minimum atomic E-state index is -0.214. The van der Waals surface area contributed by atoms with Gasteiger partial charge in [-0.25, -0.2) is 0 Å². The summed E-state index contributed by atoms with van der Waals surface area (Å²) in [4.78, 5) is 11.9. The highest BCUT2D eigenvalue weighted by Crippen LogP contribution is 2.34. The van der Waals surface area contributed by atoms with Crippen LogP contribution in [0.5, 0.6) is 0 Å². The van der Waals surface area contributed by atoms with E-state index in [1.54, 1.807) is 26.3 Å². The third-order valence-corrected chi connectivity index (χ3v) is 3.42. The lowest BCUT2D eigenvalue weighted by Crippen LogP contribution is -2.49. The first-order valence-electron chi connectivity index (χ1n) is 6.04. The second-order valence-electron chi connectivity index (χ2n) is 4.48. The lowest BCUT2D eigenvalue weighted by Gasteiger charge is -2.40. The van der Waals surface area contributed by atoms with Crippen LogP contribution in [0, 0.1) is 0 Å². The number of ether oxygens (including phenoxy) is 1. The molecule has 0 aromatic carbocycles. The summed E-state index contributed by atoms with van der Waals surface area (Å²) in [5.74, 6) is 0.424. The molecule has 0 saturated heterocycles. The largest absolute Gasteiger partial charge is 0.376 e. The third-order valence-electron chi connectivity index (χ3n) is 3.42. The van der Waals surface area contributed by atoms with Crippen LogP contribution in [0.3, 0.4) is 0 Å². The zero-order chi connectivity index (χ0) is 13.0. The first-order valence-corrected chi connectivity index (χ1v) is 6.04. The van der Waals surface area contributed by atoms with E-state index in [0.29, 0.717) is 18.1 Å². The summed E-state index contributed by atoms with van der Waals surface area (Å²) in [7, 11) is 3.44. The molecule has 1 heterocycles. The Morgan fingerprint density at radius 2 is 2.22 bits per heavy atom. The van der Waals surface area contributed by atoms with Crippen LogP contribution in [-0.4, -0.2) is 42.4 Å². The van der Waals surface area contributed by atoms with Crippen molar-refractivity contribution in [3.05, 3.63) is 17.8 Å². The normalized spacial score (nSPS) is 16.8. The fourth-order valence-electron chi connectivity index (χ4n) is 1.94. The molecular weight excluding hydrogens is 232 g/mol. The van der Waals surface area contributed by atoms with E-state index >= 15 is 0 Å². The molecule has 0 aliphatic heterocycles. The number of nitrogens with one attached hydrogen (secondary N) is 2. The third kappa shape index (κ3) is 2.59. The minimum Gasteiger partial charge on any atom is -0.376 e. The molecule has 0 radical (unpaired) electrons. The van der Waals surface area contributed by atoms with Gasteiger partial charge in [0.2, 0.25) is 0 Å². The summed E-state index contributed by atoms with van der Waals surface area (Å²) in [6.45, 7) is 0.526. The summed E-state index contributed by atoms with van der Waals surface area (Å²) < 4.78 is 5.44. The Morgan fingerprint density at radius 3 is 2.67 bits per heavy atom. The van der Waals surface area contributed by atoms with Gasteiger partial charge in [-0.15, -0.1) is 10.2 Å². The number of amides is 1. The molecular formula is C12H18N4O2. The van der Waals surface area contributed by atoms with Crippen molar-refractivity contribution >= 4 is 11.7 Å².